The van der Waals surface area contributed by atoms with Crippen LogP contribution in [0.1, 0.15) is 57.0 Å². The summed E-state index contributed by atoms with van der Waals surface area (Å²) in [6.07, 6.45) is 0.837. The predicted octanol–water partition coefficient (Wildman–Crippen LogP) is 3.50. The molecule has 0 saturated carbocycles. The van der Waals surface area contributed by atoms with Crippen LogP contribution in [0.2, 0.25) is 0 Å². The van der Waals surface area contributed by atoms with E-state index < -0.39 is 0 Å². The molecule has 1 rings (SSSR count). The third-order valence-corrected chi connectivity index (χ3v) is 2.87. The smallest absolute Gasteiger partial charge is 0.267 e. The minimum Gasteiger partial charge on any atom is -0.267 e. The van der Waals surface area contributed by atoms with E-state index in [1.807, 2.05) is 38.1 Å². The maximum atomic E-state index is 11.8. The van der Waals surface area contributed by atoms with Crippen LogP contribution < -0.4 is 5.43 Å². The predicted molar refractivity (Wildman–Crippen MR) is 76.0 cm³/mol. The molecule has 1 amide bonds. The summed E-state index contributed by atoms with van der Waals surface area (Å²) < 4.78 is 0. The Labute approximate surface area is 109 Å². The molecule has 1 aromatic rings. The molecule has 3 nitrogen and oxygen atoms in total. The lowest BCUT2D eigenvalue weighted by molar-refractivity contribution is 0.0954. The molecule has 1 aromatic carbocycles. The normalized spacial score (nSPS) is 12.4. The van der Waals surface area contributed by atoms with Crippen LogP contribution in [-0.4, -0.2) is 11.6 Å². The van der Waals surface area contributed by atoms with Crippen LogP contribution in [0, 0.1) is 0 Å². The molecule has 0 atom stereocenters. The largest absolute Gasteiger partial charge is 0.271 e. The van der Waals surface area contributed by atoms with Crippen LogP contribution >= 0.6 is 0 Å². The van der Waals surface area contributed by atoms with Gasteiger partial charge in [-0.1, -0.05) is 39.8 Å². The molecule has 1 N–H and O–H groups in total. The highest BCUT2D eigenvalue weighted by atomic mass is 16.2. The number of nitrogens with one attached hydrogen (secondary N) is 1. The maximum absolute atomic E-state index is 11.8. The second-order valence-corrected chi connectivity index (χ2v) is 5.47. The van der Waals surface area contributed by atoms with Crippen LogP contribution in [0.5, 0.6) is 0 Å². The van der Waals surface area contributed by atoms with E-state index in [1.54, 1.807) is 0 Å². The molecule has 3 heteroatoms. The van der Waals surface area contributed by atoms with Crippen molar-refractivity contribution in [3.05, 3.63) is 35.4 Å². The standard InChI is InChI=1S/C15H22N2O/c1-6-11(2)16-17-14(18)12-7-9-13(10-8-12)15(3,4)5/h7-10H,6H2,1-5H3,(H,17,18)/b16-11-. The number of amides is 1. The summed E-state index contributed by atoms with van der Waals surface area (Å²) >= 11 is 0. The van der Waals surface area contributed by atoms with Crippen LogP contribution in [0.25, 0.3) is 0 Å². The third-order valence-electron chi connectivity index (χ3n) is 2.87. The minimum absolute atomic E-state index is 0.103. The van der Waals surface area contributed by atoms with E-state index in [0.717, 1.165) is 12.1 Å². The van der Waals surface area contributed by atoms with Crippen LogP contribution in [0.15, 0.2) is 29.4 Å². The van der Waals surface area contributed by atoms with E-state index in [9.17, 15) is 4.79 Å². The number of hydrogen-bond donors (Lipinski definition) is 1. The van der Waals surface area contributed by atoms with Crippen molar-refractivity contribution in [2.45, 2.75) is 46.5 Å². The summed E-state index contributed by atoms with van der Waals surface area (Å²) in [6.45, 7) is 10.3. The Morgan fingerprint density at radius 3 is 2.22 bits per heavy atom. The van der Waals surface area contributed by atoms with Crippen molar-refractivity contribution in [2.75, 3.05) is 0 Å². The second kappa shape index (κ2) is 5.80. The Morgan fingerprint density at radius 1 is 1.22 bits per heavy atom. The van der Waals surface area contributed by atoms with Crippen molar-refractivity contribution in [1.29, 1.82) is 0 Å². The molecule has 0 radical (unpaired) electrons. The molecule has 18 heavy (non-hydrogen) atoms. The molecule has 0 bridgehead atoms. The first-order valence-electron chi connectivity index (χ1n) is 6.28. The van der Waals surface area contributed by atoms with E-state index in [0.29, 0.717) is 5.56 Å². The van der Waals surface area contributed by atoms with E-state index in [-0.39, 0.29) is 11.3 Å². The minimum atomic E-state index is -0.164. The molecule has 0 unspecified atom stereocenters. The van der Waals surface area contributed by atoms with Gasteiger partial charge in [-0.25, -0.2) is 5.43 Å². The van der Waals surface area contributed by atoms with Gasteiger partial charge < -0.3 is 0 Å². The van der Waals surface area contributed by atoms with Gasteiger partial charge in [0.15, 0.2) is 0 Å². The topological polar surface area (TPSA) is 41.5 Å². The molecule has 0 aliphatic carbocycles. The first kappa shape index (κ1) is 14.4. The van der Waals surface area contributed by atoms with Gasteiger partial charge >= 0.3 is 0 Å². The van der Waals surface area contributed by atoms with E-state index in [2.05, 4.69) is 31.3 Å². The Kier molecular flexibility index (Phi) is 4.65. The van der Waals surface area contributed by atoms with Crippen molar-refractivity contribution in [3.63, 3.8) is 0 Å². The molecule has 0 heterocycles. The quantitative estimate of drug-likeness (QED) is 0.643. The molecular weight excluding hydrogens is 224 g/mol. The lowest BCUT2D eigenvalue weighted by Crippen LogP contribution is -2.19. The Morgan fingerprint density at radius 2 is 1.78 bits per heavy atom. The Bertz CT molecular complexity index is 439. The highest BCUT2D eigenvalue weighted by molar-refractivity contribution is 5.95. The van der Waals surface area contributed by atoms with Gasteiger partial charge in [0, 0.05) is 11.3 Å². The summed E-state index contributed by atoms with van der Waals surface area (Å²) in [4.78, 5) is 11.8. The number of carbonyl (C=O) groups is 1. The summed E-state index contributed by atoms with van der Waals surface area (Å²) in [5.74, 6) is -0.164. The summed E-state index contributed by atoms with van der Waals surface area (Å²) in [5.41, 5.74) is 5.42. The van der Waals surface area contributed by atoms with Gasteiger partial charge in [0.2, 0.25) is 0 Å². The molecule has 0 fully saturated rings. The van der Waals surface area contributed by atoms with Crippen LogP contribution in [0.3, 0.4) is 0 Å². The monoisotopic (exact) mass is 246 g/mol. The lowest BCUT2D eigenvalue weighted by Gasteiger charge is -2.18. The van der Waals surface area contributed by atoms with Gasteiger partial charge in [0.1, 0.15) is 0 Å². The zero-order valence-corrected chi connectivity index (χ0v) is 11.9. The zero-order chi connectivity index (χ0) is 13.8. The lowest BCUT2D eigenvalue weighted by atomic mass is 9.87. The molecule has 0 aliphatic rings. The molecular formula is C15H22N2O. The Balaban J connectivity index is 2.77. The average Bonchev–Trinajstić information content (AvgIpc) is 2.34. The number of hydrazone groups is 1. The first-order valence-corrected chi connectivity index (χ1v) is 6.28. The van der Waals surface area contributed by atoms with Crippen LogP contribution in [0.4, 0.5) is 0 Å². The average molecular weight is 246 g/mol. The number of rotatable bonds is 3. The number of benzene rings is 1. The fourth-order valence-electron chi connectivity index (χ4n) is 1.41. The van der Waals surface area contributed by atoms with E-state index in [4.69, 9.17) is 0 Å². The fraction of sp³-hybridized carbons (Fsp3) is 0.467. The van der Waals surface area contributed by atoms with Gasteiger partial charge in [0.25, 0.3) is 5.91 Å². The van der Waals surface area contributed by atoms with Gasteiger partial charge in [-0.15, -0.1) is 0 Å². The SMILES string of the molecule is CC/C(C)=N\NC(=O)c1ccc(C(C)(C)C)cc1. The van der Waals surface area contributed by atoms with Crippen molar-refractivity contribution in [1.82, 2.24) is 5.43 Å². The summed E-state index contributed by atoms with van der Waals surface area (Å²) in [6, 6.07) is 7.66. The fourth-order valence-corrected chi connectivity index (χ4v) is 1.41. The number of hydrogen-bond acceptors (Lipinski definition) is 2. The Hall–Kier alpha value is -1.64. The molecule has 98 valence electrons. The maximum Gasteiger partial charge on any atom is 0.271 e. The van der Waals surface area contributed by atoms with Crippen molar-refractivity contribution in [2.24, 2.45) is 5.10 Å². The highest BCUT2D eigenvalue weighted by Crippen LogP contribution is 2.22. The third kappa shape index (κ3) is 3.99. The summed E-state index contributed by atoms with van der Waals surface area (Å²) in [5, 5.41) is 4.01. The van der Waals surface area contributed by atoms with Crippen LogP contribution in [-0.2, 0) is 5.41 Å². The number of carbonyl (C=O) groups excluding carboxylic acids is 1. The van der Waals surface area contributed by atoms with Gasteiger partial charge in [-0.05, 0) is 36.5 Å². The number of nitrogens with zero attached hydrogens (tertiary/aromatic N) is 1. The van der Waals surface area contributed by atoms with E-state index >= 15 is 0 Å². The highest BCUT2D eigenvalue weighted by Gasteiger charge is 2.14. The van der Waals surface area contributed by atoms with Crippen molar-refractivity contribution in [3.8, 4) is 0 Å². The van der Waals surface area contributed by atoms with E-state index in [1.165, 1.54) is 5.56 Å². The first-order chi connectivity index (χ1) is 8.34. The molecule has 0 aliphatic heterocycles. The summed E-state index contributed by atoms with van der Waals surface area (Å²) in [7, 11) is 0. The van der Waals surface area contributed by atoms with Crippen molar-refractivity contribution >= 4 is 11.6 Å². The molecule has 0 aromatic heterocycles. The van der Waals surface area contributed by atoms with Gasteiger partial charge in [-0.2, -0.15) is 5.10 Å². The van der Waals surface area contributed by atoms with Gasteiger partial charge in [-0.3, -0.25) is 4.79 Å². The van der Waals surface area contributed by atoms with Gasteiger partial charge in [0.05, 0.1) is 0 Å². The molecule has 0 spiro atoms. The van der Waals surface area contributed by atoms with Crippen molar-refractivity contribution < 1.29 is 4.79 Å². The molecule has 0 saturated heterocycles. The zero-order valence-electron chi connectivity index (χ0n) is 11.9. The second-order valence-electron chi connectivity index (χ2n) is 5.47.